The summed E-state index contributed by atoms with van der Waals surface area (Å²) in [4.78, 5) is 0. The van der Waals surface area contributed by atoms with E-state index in [9.17, 15) is 4.39 Å². The summed E-state index contributed by atoms with van der Waals surface area (Å²) in [5.74, 6) is -0.219. The smallest absolute Gasteiger partial charge is 0.123 e. The monoisotopic (exact) mass is 271 g/mol. The van der Waals surface area contributed by atoms with Gasteiger partial charge >= 0.3 is 0 Å². The Balaban J connectivity index is 1.74. The number of morpholine rings is 1. The number of hydrogen-bond donors (Lipinski definition) is 1. The molecule has 0 spiro atoms. The van der Waals surface area contributed by atoms with Crippen LogP contribution in [0.15, 0.2) is 54.6 Å². The van der Waals surface area contributed by atoms with Crippen LogP contribution in [0.5, 0.6) is 0 Å². The van der Waals surface area contributed by atoms with Crippen molar-refractivity contribution in [1.29, 1.82) is 0 Å². The van der Waals surface area contributed by atoms with Gasteiger partial charge < -0.3 is 10.1 Å². The maximum absolute atomic E-state index is 13.3. The van der Waals surface area contributed by atoms with Crippen LogP contribution in [0, 0.1) is 5.82 Å². The van der Waals surface area contributed by atoms with Crippen molar-refractivity contribution in [3.8, 4) is 0 Å². The Hall–Kier alpha value is -1.71. The largest absolute Gasteiger partial charge is 0.370 e. The molecule has 20 heavy (non-hydrogen) atoms. The molecule has 3 unspecified atom stereocenters. The van der Waals surface area contributed by atoms with Crippen LogP contribution >= 0.6 is 0 Å². The molecule has 3 atom stereocenters. The Morgan fingerprint density at radius 1 is 1.05 bits per heavy atom. The molecular formula is C17H18FNO. The summed E-state index contributed by atoms with van der Waals surface area (Å²) in [6.07, 6.45) is -0.106. The molecule has 0 bridgehead atoms. The van der Waals surface area contributed by atoms with Crippen LogP contribution in [0.3, 0.4) is 0 Å². The number of rotatable bonds is 2. The highest BCUT2D eigenvalue weighted by molar-refractivity contribution is 5.23. The van der Waals surface area contributed by atoms with Gasteiger partial charge in [-0.15, -0.1) is 0 Å². The lowest BCUT2D eigenvalue weighted by molar-refractivity contribution is -0.0254. The zero-order valence-corrected chi connectivity index (χ0v) is 11.4. The molecular weight excluding hydrogens is 253 g/mol. The SMILES string of the molecule is CC1NC(c2ccccc2)COC1c1cccc(F)c1. The lowest BCUT2D eigenvalue weighted by Gasteiger charge is -2.36. The quantitative estimate of drug-likeness (QED) is 0.900. The molecule has 0 aromatic heterocycles. The molecule has 104 valence electrons. The molecule has 1 aliphatic rings. The molecule has 2 aromatic rings. The summed E-state index contributed by atoms with van der Waals surface area (Å²) in [6, 6.07) is 17.2. The van der Waals surface area contributed by atoms with Crippen molar-refractivity contribution in [2.24, 2.45) is 0 Å². The van der Waals surface area contributed by atoms with Crippen molar-refractivity contribution in [2.45, 2.75) is 25.1 Å². The molecule has 0 saturated carbocycles. The van der Waals surface area contributed by atoms with Crippen LogP contribution < -0.4 is 5.32 Å². The summed E-state index contributed by atoms with van der Waals surface area (Å²) < 4.78 is 19.3. The van der Waals surface area contributed by atoms with Gasteiger partial charge in [0.05, 0.1) is 18.8 Å². The fourth-order valence-corrected chi connectivity index (χ4v) is 2.74. The molecule has 1 fully saturated rings. The summed E-state index contributed by atoms with van der Waals surface area (Å²) in [5, 5.41) is 3.55. The Kier molecular flexibility index (Phi) is 3.81. The first kappa shape index (κ1) is 13.3. The van der Waals surface area contributed by atoms with Gasteiger partial charge in [0.15, 0.2) is 0 Å². The van der Waals surface area contributed by atoms with E-state index in [1.807, 2.05) is 24.3 Å². The molecule has 1 N–H and O–H groups in total. The molecule has 2 nitrogen and oxygen atoms in total. The van der Waals surface area contributed by atoms with E-state index in [1.165, 1.54) is 11.6 Å². The third-order valence-corrected chi connectivity index (χ3v) is 3.74. The van der Waals surface area contributed by atoms with E-state index in [-0.39, 0.29) is 24.0 Å². The maximum Gasteiger partial charge on any atom is 0.123 e. The Labute approximate surface area is 118 Å². The van der Waals surface area contributed by atoms with Gasteiger partial charge in [-0.2, -0.15) is 0 Å². The van der Waals surface area contributed by atoms with Crippen LogP contribution in [-0.4, -0.2) is 12.6 Å². The van der Waals surface area contributed by atoms with Crippen molar-refractivity contribution in [1.82, 2.24) is 5.32 Å². The van der Waals surface area contributed by atoms with Crippen molar-refractivity contribution in [3.63, 3.8) is 0 Å². The molecule has 2 aromatic carbocycles. The predicted octanol–water partition coefficient (Wildman–Crippen LogP) is 3.62. The second-order valence-corrected chi connectivity index (χ2v) is 5.23. The van der Waals surface area contributed by atoms with Gasteiger partial charge in [-0.05, 0) is 30.2 Å². The van der Waals surface area contributed by atoms with E-state index in [0.29, 0.717) is 6.61 Å². The van der Waals surface area contributed by atoms with Gasteiger partial charge in [0, 0.05) is 6.04 Å². The van der Waals surface area contributed by atoms with Crippen molar-refractivity contribution >= 4 is 0 Å². The molecule has 0 aliphatic carbocycles. The van der Waals surface area contributed by atoms with Gasteiger partial charge in [-0.1, -0.05) is 42.5 Å². The van der Waals surface area contributed by atoms with Gasteiger partial charge in [-0.25, -0.2) is 4.39 Å². The molecule has 0 amide bonds. The minimum Gasteiger partial charge on any atom is -0.370 e. The molecule has 1 heterocycles. The van der Waals surface area contributed by atoms with E-state index in [1.54, 1.807) is 12.1 Å². The van der Waals surface area contributed by atoms with Gasteiger partial charge in [-0.3, -0.25) is 0 Å². The third-order valence-electron chi connectivity index (χ3n) is 3.74. The minimum absolute atomic E-state index is 0.106. The Morgan fingerprint density at radius 2 is 1.80 bits per heavy atom. The number of benzene rings is 2. The standard InChI is InChI=1S/C17H18FNO/c1-12-17(14-8-5-9-15(18)10-14)20-11-16(19-12)13-6-3-2-4-7-13/h2-10,12,16-17,19H,11H2,1H3. The summed E-state index contributed by atoms with van der Waals surface area (Å²) >= 11 is 0. The molecule has 0 radical (unpaired) electrons. The number of nitrogens with one attached hydrogen (secondary N) is 1. The van der Waals surface area contributed by atoms with Gasteiger partial charge in [0.25, 0.3) is 0 Å². The van der Waals surface area contributed by atoms with Crippen LogP contribution in [0.1, 0.15) is 30.2 Å². The number of ether oxygens (including phenoxy) is 1. The minimum atomic E-state index is -0.219. The molecule has 3 heteroatoms. The first-order valence-electron chi connectivity index (χ1n) is 6.92. The maximum atomic E-state index is 13.3. The van der Waals surface area contributed by atoms with Gasteiger partial charge in [0.1, 0.15) is 5.82 Å². The van der Waals surface area contributed by atoms with Gasteiger partial charge in [0.2, 0.25) is 0 Å². The zero-order chi connectivity index (χ0) is 13.9. The van der Waals surface area contributed by atoms with Crippen molar-refractivity contribution in [3.05, 3.63) is 71.5 Å². The molecule has 1 aliphatic heterocycles. The fraction of sp³-hybridized carbons (Fsp3) is 0.294. The zero-order valence-electron chi connectivity index (χ0n) is 11.4. The van der Waals surface area contributed by atoms with Crippen molar-refractivity contribution < 1.29 is 9.13 Å². The van der Waals surface area contributed by atoms with Crippen LogP contribution in [-0.2, 0) is 4.74 Å². The third kappa shape index (κ3) is 2.74. The lowest BCUT2D eigenvalue weighted by Crippen LogP contribution is -2.43. The highest BCUT2D eigenvalue weighted by Gasteiger charge is 2.29. The van der Waals surface area contributed by atoms with Crippen LogP contribution in [0.2, 0.25) is 0 Å². The van der Waals surface area contributed by atoms with E-state index >= 15 is 0 Å². The lowest BCUT2D eigenvalue weighted by atomic mass is 9.98. The summed E-state index contributed by atoms with van der Waals surface area (Å²) in [6.45, 7) is 2.67. The topological polar surface area (TPSA) is 21.3 Å². The summed E-state index contributed by atoms with van der Waals surface area (Å²) in [7, 11) is 0. The highest BCUT2D eigenvalue weighted by atomic mass is 19.1. The molecule has 1 saturated heterocycles. The number of hydrogen-bond acceptors (Lipinski definition) is 2. The average molecular weight is 271 g/mol. The first-order chi connectivity index (χ1) is 9.74. The predicted molar refractivity (Wildman–Crippen MR) is 76.9 cm³/mol. The Morgan fingerprint density at radius 3 is 2.50 bits per heavy atom. The number of halogens is 1. The van der Waals surface area contributed by atoms with Crippen LogP contribution in [0.25, 0.3) is 0 Å². The van der Waals surface area contributed by atoms with Crippen LogP contribution in [0.4, 0.5) is 4.39 Å². The van der Waals surface area contributed by atoms with E-state index in [0.717, 1.165) is 5.56 Å². The second-order valence-electron chi connectivity index (χ2n) is 5.23. The molecule has 3 rings (SSSR count). The second kappa shape index (κ2) is 5.73. The highest BCUT2D eigenvalue weighted by Crippen LogP contribution is 2.30. The van der Waals surface area contributed by atoms with E-state index in [4.69, 9.17) is 4.74 Å². The van der Waals surface area contributed by atoms with E-state index in [2.05, 4.69) is 24.4 Å². The normalized spacial score (nSPS) is 26.4. The Bertz CT molecular complexity index is 572. The van der Waals surface area contributed by atoms with Crippen molar-refractivity contribution in [2.75, 3.05) is 6.61 Å². The van der Waals surface area contributed by atoms with E-state index < -0.39 is 0 Å². The fourth-order valence-electron chi connectivity index (χ4n) is 2.74. The first-order valence-corrected chi connectivity index (χ1v) is 6.92. The summed E-state index contributed by atoms with van der Waals surface area (Å²) in [5.41, 5.74) is 2.11. The average Bonchev–Trinajstić information content (AvgIpc) is 2.48.